The van der Waals surface area contributed by atoms with E-state index in [-0.39, 0.29) is 4.87 Å². The third-order valence-electron chi connectivity index (χ3n) is 5.99. The number of hydrogen-bond acceptors (Lipinski definition) is 4. The average Bonchev–Trinajstić information content (AvgIpc) is 2.77. The quantitative estimate of drug-likeness (QED) is 0.0928. The Kier molecular flexibility index (Phi) is 26.4. The normalized spacial score (nSPS) is 12.0. The molecule has 0 aromatic carbocycles. The number of rotatable bonds is 22. The van der Waals surface area contributed by atoms with E-state index in [0.29, 0.717) is 6.54 Å². The summed E-state index contributed by atoms with van der Waals surface area (Å²) in [6, 6.07) is 0.785. The lowest BCUT2D eigenvalue weighted by Gasteiger charge is -2.23. The van der Waals surface area contributed by atoms with Crippen molar-refractivity contribution in [1.29, 1.82) is 0 Å². The molecule has 0 aromatic heterocycles. The molecule has 0 amide bonds. The van der Waals surface area contributed by atoms with Crippen molar-refractivity contribution in [2.24, 2.45) is 5.73 Å². The second kappa shape index (κ2) is 24.5. The Labute approximate surface area is 208 Å². The van der Waals surface area contributed by atoms with Gasteiger partial charge in [0.2, 0.25) is 0 Å². The second-order valence-corrected chi connectivity index (χ2v) is 13.7. The fourth-order valence-electron chi connectivity index (χ4n) is 3.79. The van der Waals surface area contributed by atoms with Gasteiger partial charge in [0.1, 0.15) is 0 Å². The van der Waals surface area contributed by atoms with Crippen molar-refractivity contribution < 1.29 is 13.3 Å². The summed E-state index contributed by atoms with van der Waals surface area (Å²) in [5.74, 6) is 0. The molecule has 0 aromatic rings. The zero-order chi connectivity index (χ0) is 24.6. The predicted octanol–water partition coefficient (Wildman–Crippen LogP) is 8.48. The summed E-state index contributed by atoms with van der Waals surface area (Å²) in [5.41, 5.74) is 5.36. The minimum Gasteiger partial charge on any atom is -0.377 e. The summed E-state index contributed by atoms with van der Waals surface area (Å²) in [6.45, 7) is 7.18. The molecule has 0 unspecified atom stereocenters. The van der Waals surface area contributed by atoms with E-state index in [1.165, 1.54) is 96.3 Å². The molecule has 0 saturated heterocycles. The summed E-state index contributed by atoms with van der Waals surface area (Å²) in [6.07, 6.45) is 23.5. The molecule has 0 bridgehead atoms. The molecule has 4 nitrogen and oxygen atoms in total. The lowest BCUT2D eigenvalue weighted by atomic mass is 10.0. The van der Waals surface area contributed by atoms with Crippen LogP contribution in [0.15, 0.2) is 0 Å². The van der Waals surface area contributed by atoms with E-state index in [9.17, 15) is 0 Å². The highest BCUT2D eigenvalue weighted by molar-refractivity contribution is 6.60. The van der Waals surface area contributed by atoms with Gasteiger partial charge >= 0.3 is 8.80 Å². The number of hydrogen-bond donors (Lipinski definition) is 1. The van der Waals surface area contributed by atoms with Gasteiger partial charge in [0.05, 0.1) is 0 Å². The fraction of sp³-hybridized carbons (Fsp3) is 1.00. The van der Waals surface area contributed by atoms with Crippen LogP contribution in [-0.4, -0.2) is 41.6 Å². The van der Waals surface area contributed by atoms with Gasteiger partial charge in [-0.25, -0.2) is 0 Å². The van der Waals surface area contributed by atoms with E-state index in [0.717, 1.165) is 18.9 Å². The monoisotopic (exact) mass is 495 g/mol. The van der Waals surface area contributed by atoms with Crippen LogP contribution in [0.4, 0.5) is 0 Å². The highest BCUT2D eigenvalue weighted by Crippen LogP contribution is 2.22. The maximum absolute atomic E-state index is 6.19. The van der Waals surface area contributed by atoms with Crippen molar-refractivity contribution in [3.05, 3.63) is 0 Å². The zero-order valence-electron chi connectivity index (χ0n) is 22.6. The standard InChI is InChI=1S/C20H41Cl.C6H17NO3Si/c1-4-5-6-7-8-9-10-11-12-13-14-15-16-17-18-19-20(2,3)21;1-8-11(9-2,10-3)6-4-5-7/h4-19H2,1-3H3;4-7H2,1-3H3. The summed E-state index contributed by atoms with van der Waals surface area (Å²) < 4.78 is 15.5. The van der Waals surface area contributed by atoms with Crippen LogP contribution in [0, 0.1) is 0 Å². The van der Waals surface area contributed by atoms with Gasteiger partial charge in [0.25, 0.3) is 0 Å². The van der Waals surface area contributed by atoms with E-state index in [1.54, 1.807) is 21.3 Å². The lowest BCUT2D eigenvalue weighted by Crippen LogP contribution is -2.42. The first-order chi connectivity index (χ1) is 15.3. The zero-order valence-corrected chi connectivity index (χ0v) is 24.4. The first kappa shape index (κ1) is 34.5. The Balaban J connectivity index is 0. The molecule has 196 valence electrons. The Hall–Kier alpha value is 0.347. The number of alkyl halides is 1. The topological polar surface area (TPSA) is 53.7 Å². The Morgan fingerprint density at radius 1 is 0.625 bits per heavy atom. The molecule has 0 aliphatic rings. The molecule has 0 fully saturated rings. The predicted molar refractivity (Wildman–Crippen MR) is 145 cm³/mol. The number of unbranched alkanes of at least 4 members (excludes halogenated alkanes) is 14. The van der Waals surface area contributed by atoms with Gasteiger partial charge in [0, 0.05) is 32.2 Å². The molecular weight excluding hydrogens is 438 g/mol. The molecule has 0 spiro atoms. The maximum Gasteiger partial charge on any atom is 0.500 e. The summed E-state index contributed by atoms with van der Waals surface area (Å²) in [7, 11) is 2.50. The molecule has 2 N–H and O–H groups in total. The molecule has 0 atom stereocenters. The first-order valence-electron chi connectivity index (χ1n) is 13.3. The number of halogens is 1. The largest absolute Gasteiger partial charge is 0.500 e. The molecule has 0 aliphatic carbocycles. The molecule has 0 saturated carbocycles. The maximum atomic E-state index is 6.19. The second-order valence-electron chi connectivity index (χ2n) is 9.61. The van der Waals surface area contributed by atoms with Gasteiger partial charge in [0.15, 0.2) is 0 Å². The van der Waals surface area contributed by atoms with Gasteiger partial charge in [-0.1, -0.05) is 103 Å². The molecular formula is C26H58ClNO3Si. The summed E-state index contributed by atoms with van der Waals surface area (Å²) >= 11 is 6.19. The van der Waals surface area contributed by atoms with Gasteiger partial charge < -0.3 is 19.0 Å². The Morgan fingerprint density at radius 3 is 1.25 bits per heavy atom. The van der Waals surface area contributed by atoms with Crippen molar-refractivity contribution in [2.75, 3.05) is 27.9 Å². The third kappa shape index (κ3) is 25.0. The highest BCUT2D eigenvalue weighted by Gasteiger charge is 2.36. The van der Waals surface area contributed by atoms with Crippen molar-refractivity contribution in [1.82, 2.24) is 0 Å². The minimum atomic E-state index is -2.32. The smallest absolute Gasteiger partial charge is 0.377 e. The fourth-order valence-corrected chi connectivity index (χ4v) is 5.67. The molecule has 0 rings (SSSR count). The van der Waals surface area contributed by atoms with Gasteiger partial charge in [-0.2, -0.15) is 0 Å². The van der Waals surface area contributed by atoms with E-state index in [2.05, 4.69) is 20.8 Å². The molecule has 32 heavy (non-hydrogen) atoms. The van der Waals surface area contributed by atoms with Crippen LogP contribution in [0.1, 0.15) is 130 Å². The van der Waals surface area contributed by atoms with Crippen molar-refractivity contribution in [3.8, 4) is 0 Å². The Bertz CT molecular complexity index is 355. The van der Waals surface area contributed by atoms with E-state index in [1.807, 2.05) is 0 Å². The minimum absolute atomic E-state index is 0.0105. The van der Waals surface area contributed by atoms with Gasteiger partial charge in [-0.3, -0.25) is 0 Å². The first-order valence-corrected chi connectivity index (χ1v) is 15.7. The van der Waals surface area contributed by atoms with Crippen LogP contribution in [0.3, 0.4) is 0 Å². The third-order valence-corrected chi connectivity index (χ3v) is 9.02. The van der Waals surface area contributed by atoms with Crippen molar-refractivity contribution in [3.63, 3.8) is 0 Å². The summed E-state index contributed by atoms with van der Waals surface area (Å²) in [4.78, 5) is 0.0105. The molecule has 0 radical (unpaired) electrons. The summed E-state index contributed by atoms with van der Waals surface area (Å²) in [5, 5.41) is 0. The molecule has 6 heteroatoms. The van der Waals surface area contributed by atoms with Gasteiger partial charge in [-0.15, -0.1) is 11.6 Å². The van der Waals surface area contributed by atoms with Crippen molar-refractivity contribution in [2.45, 2.75) is 141 Å². The van der Waals surface area contributed by atoms with Crippen LogP contribution in [-0.2, 0) is 13.3 Å². The van der Waals surface area contributed by atoms with E-state index < -0.39 is 8.80 Å². The molecule has 0 heterocycles. The highest BCUT2D eigenvalue weighted by atomic mass is 35.5. The van der Waals surface area contributed by atoms with Crippen molar-refractivity contribution >= 4 is 20.4 Å². The number of nitrogens with two attached hydrogens (primary N) is 1. The van der Waals surface area contributed by atoms with Crippen LogP contribution in [0.2, 0.25) is 6.04 Å². The molecule has 0 aliphatic heterocycles. The SMILES string of the molecule is CCCCCCCCCCCCCCCCCC(C)(C)Cl.CO[Si](CCCN)(OC)OC. The van der Waals surface area contributed by atoms with Crippen LogP contribution in [0.5, 0.6) is 0 Å². The van der Waals surface area contributed by atoms with Gasteiger partial charge in [-0.05, 0) is 33.2 Å². The average molecular weight is 496 g/mol. The van der Waals surface area contributed by atoms with Crippen LogP contribution in [0.25, 0.3) is 0 Å². The van der Waals surface area contributed by atoms with E-state index in [4.69, 9.17) is 30.6 Å². The lowest BCUT2D eigenvalue weighted by molar-refractivity contribution is 0.123. The van der Waals surface area contributed by atoms with Crippen LogP contribution >= 0.6 is 11.6 Å². The van der Waals surface area contributed by atoms with Crippen LogP contribution < -0.4 is 5.73 Å². The van der Waals surface area contributed by atoms with E-state index >= 15 is 0 Å². The Morgan fingerprint density at radius 2 is 0.969 bits per heavy atom.